The fourth-order valence-electron chi connectivity index (χ4n) is 6.34. The number of aldehydes is 1. The zero-order chi connectivity index (χ0) is 32.1. The van der Waals surface area contributed by atoms with E-state index in [1.165, 1.54) is 128 Å². The molecule has 1 amide bonds. The number of hydrogen-bond acceptors (Lipinski definition) is 4. The summed E-state index contributed by atoms with van der Waals surface area (Å²) in [4.78, 5) is 24.1. The van der Waals surface area contributed by atoms with E-state index in [0.29, 0.717) is 17.4 Å². The van der Waals surface area contributed by atoms with Crippen LogP contribution in [0.2, 0.25) is 0 Å². The van der Waals surface area contributed by atoms with E-state index in [9.17, 15) is 14.7 Å². The van der Waals surface area contributed by atoms with Gasteiger partial charge in [-0.05, 0) is 18.9 Å². The van der Waals surface area contributed by atoms with Crippen molar-refractivity contribution in [3.05, 3.63) is 35.4 Å². The SMILES string of the molecule is CCCCCCCCCCCCCCC(N)(CCCCCCCCCCCCCC)C(O)CNC(=O)c1ccccc1C=O. The summed E-state index contributed by atoms with van der Waals surface area (Å²) in [5, 5.41) is 14.1. The number of aliphatic hydroxyl groups is 1. The van der Waals surface area contributed by atoms with Crippen molar-refractivity contribution in [2.24, 2.45) is 5.73 Å². The number of rotatable bonds is 31. The smallest absolute Gasteiger partial charge is 0.252 e. The lowest BCUT2D eigenvalue weighted by Gasteiger charge is -2.35. The molecule has 254 valence electrons. The predicted octanol–water partition coefficient (Wildman–Crippen LogP) is 10.5. The summed E-state index contributed by atoms with van der Waals surface area (Å²) in [7, 11) is 0. The molecule has 1 unspecified atom stereocenters. The second kappa shape index (κ2) is 27.6. The Kier molecular flexibility index (Phi) is 25.3. The summed E-state index contributed by atoms with van der Waals surface area (Å²) >= 11 is 0. The third kappa shape index (κ3) is 19.6. The summed E-state index contributed by atoms with van der Waals surface area (Å²) in [6, 6.07) is 6.75. The van der Waals surface area contributed by atoms with Crippen LogP contribution in [0.1, 0.15) is 202 Å². The summed E-state index contributed by atoms with van der Waals surface area (Å²) in [6.07, 6.45) is 32.4. The maximum Gasteiger partial charge on any atom is 0.252 e. The van der Waals surface area contributed by atoms with Crippen LogP contribution in [0.3, 0.4) is 0 Å². The molecule has 1 aromatic rings. The Morgan fingerprint density at radius 2 is 1.05 bits per heavy atom. The molecule has 0 bridgehead atoms. The minimum absolute atomic E-state index is 0.0963. The number of benzene rings is 1. The van der Waals surface area contributed by atoms with Crippen molar-refractivity contribution in [2.45, 2.75) is 192 Å². The first-order chi connectivity index (χ1) is 21.5. The highest BCUT2D eigenvalue weighted by Gasteiger charge is 2.33. The molecule has 0 aromatic heterocycles. The molecule has 0 aliphatic heterocycles. The molecule has 0 radical (unpaired) electrons. The van der Waals surface area contributed by atoms with Gasteiger partial charge in [-0.2, -0.15) is 0 Å². The second-order valence-electron chi connectivity index (χ2n) is 13.4. The third-order valence-corrected chi connectivity index (χ3v) is 9.44. The molecule has 4 N–H and O–H groups in total. The van der Waals surface area contributed by atoms with Crippen LogP contribution in [0.25, 0.3) is 0 Å². The van der Waals surface area contributed by atoms with Crippen LogP contribution >= 0.6 is 0 Å². The molecule has 44 heavy (non-hydrogen) atoms. The van der Waals surface area contributed by atoms with Crippen molar-refractivity contribution in [3.8, 4) is 0 Å². The van der Waals surface area contributed by atoms with Crippen LogP contribution in [0.15, 0.2) is 24.3 Å². The average molecular weight is 615 g/mol. The molecular formula is C39H70N2O3. The largest absolute Gasteiger partial charge is 0.389 e. The quantitative estimate of drug-likeness (QED) is 0.0573. The molecule has 1 atom stereocenters. The first kappa shape index (κ1) is 40.3. The maximum absolute atomic E-state index is 12.8. The van der Waals surface area contributed by atoms with Crippen LogP contribution in [-0.2, 0) is 0 Å². The van der Waals surface area contributed by atoms with E-state index in [1.807, 2.05) is 0 Å². The molecular weight excluding hydrogens is 544 g/mol. The average Bonchev–Trinajstić information content (AvgIpc) is 3.04. The molecule has 0 aliphatic rings. The normalized spacial score (nSPS) is 12.4. The molecule has 5 nitrogen and oxygen atoms in total. The first-order valence-corrected chi connectivity index (χ1v) is 18.8. The minimum atomic E-state index is -0.824. The fourth-order valence-corrected chi connectivity index (χ4v) is 6.34. The standard InChI is InChI=1S/C39H70N2O3/c1-3-5-7-9-11-13-15-17-19-21-23-27-31-39(40,32-28-24-22-20-18-16-14-12-10-8-6-4-2)37(43)33-41-38(44)36-30-26-25-29-35(36)34-42/h25-26,29-30,34,37,43H,3-24,27-28,31-33,40H2,1-2H3,(H,41,44). The Bertz CT molecular complexity index is 799. The number of nitrogens with two attached hydrogens (primary N) is 1. The molecule has 0 spiro atoms. The van der Waals surface area contributed by atoms with E-state index in [1.54, 1.807) is 24.3 Å². The number of unbranched alkanes of at least 4 members (excludes halogenated alkanes) is 22. The lowest BCUT2D eigenvalue weighted by molar-refractivity contribution is 0.0630. The highest BCUT2D eigenvalue weighted by Crippen LogP contribution is 2.25. The molecule has 5 heteroatoms. The molecule has 0 saturated heterocycles. The van der Waals surface area contributed by atoms with Crippen molar-refractivity contribution < 1.29 is 14.7 Å². The maximum atomic E-state index is 12.8. The Morgan fingerprint density at radius 1 is 0.682 bits per heavy atom. The van der Waals surface area contributed by atoms with E-state index in [2.05, 4.69) is 19.2 Å². The van der Waals surface area contributed by atoms with Gasteiger partial charge < -0.3 is 16.2 Å². The van der Waals surface area contributed by atoms with Crippen molar-refractivity contribution >= 4 is 12.2 Å². The Hall–Kier alpha value is -1.72. The number of carbonyl (C=O) groups excluding carboxylic acids is 2. The summed E-state index contributed by atoms with van der Waals surface area (Å²) in [5.41, 5.74) is 6.90. The molecule has 0 aliphatic carbocycles. The van der Waals surface area contributed by atoms with Crippen molar-refractivity contribution in [1.29, 1.82) is 0 Å². The molecule has 1 aromatic carbocycles. The van der Waals surface area contributed by atoms with Crippen LogP contribution in [0, 0.1) is 0 Å². The third-order valence-electron chi connectivity index (χ3n) is 9.44. The fraction of sp³-hybridized carbons (Fsp3) is 0.795. The van der Waals surface area contributed by atoms with Gasteiger partial charge in [0.05, 0.1) is 6.10 Å². The van der Waals surface area contributed by atoms with Gasteiger partial charge in [0.1, 0.15) is 0 Å². The zero-order valence-corrected chi connectivity index (χ0v) is 28.9. The van der Waals surface area contributed by atoms with E-state index in [0.717, 1.165) is 38.5 Å². The van der Waals surface area contributed by atoms with Crippen LogP contribution in [0.4, 0.5) is 0 Å². The lowest BCUT2D eigenvalue weighted by Crippen LogP contribution is -2.55. The Morgan fingerprint density at radius 3 is 1.43 bits per heavy atom. The molecule has 0 heterocycles. The first-order valence-electron chi connectivity index (χ1n) is 18.8. The van der Waals surface area contributed by atoms with E-state index >= 15 is 0 Å². The van der Waals surface area contributed by atoms with Gasteiger partial charge in [0, 0.05) is 23.2 Å². The zero-order valence-electron chi connectivity index (χ0n) is 28.9. The van der Waals surface area contributed by atoms with Gasteiger partial charge in [0.2, 0.25) is 0 Å². The second-order valence-corrected chi connectivity index (χ2v) is 13.4. The summed E-state index contributed by atoms with van der Waals surface area (Å²) in [5.74, 6) is -0.343. The number of aliphatic hydroxyl groups excluding tert-OH is 1. The number of amides is 1. The van der Waals surface area contributed by atoms with E-state index in [-0.39, 0.29) is 12.5 Å². The number of hydrogen-bond donors (Lipinski definition) is 3. The predicted molar refractivity (Wildman–Crippen MR) is 188 cm³/mol. The van der Waals surface area contributed by atoms with Gasteiger partial charge in [0.25, 0.3) is 5.91 Å². The van der Waals surface area contributed by atoms with Gasteiger partial charge in [0.15, 0.2) is 6.29 Å². The van der Waals surface area contributed by atoms with E-state index < -0.39 is 11.6 Å². The Labute approximate surface area is 271 Å². The molecule has 0 saturated carbocycles. The monoisotopic (exact) mass is 615 g/mol. The van der Waals surface area contributed by atoms with Crippen LogP contribution in [-0.4, -0.2) is 35.5 Å². The summed E-state index contributed by atoms with van der Waals surface area (Å²) < 4.78 is 0. The Balaban J connectivity index is 2.43. The van der Waals surface area contributed by atoms with Crippen LogP contribution in [0.5, 0.6) is 0 Å². The number of carbonyl (C=O) groups is 2. The highest BCUT2D eigenvalue weighted by molar-refractivity contribution is 6.01. The summed E-state index contributed by atoms with van der Waals surface area (Å²) in [6.45, 7) is 4.63. The minimum Gasteiger partial charge on any atom is -0.389 e. The van der Waals surface area contributed by atoms with Crippen molar-refractivity contribution in [1.82, 2.24) is 5.32 Å². The van der Waals surface area contributed by atoms with E-state index in [4.69, 9.17) is 5.73 Å². The van der Waals surface area contributed by atoms with Gasteiger partial charge in [-0.3, -0.25) is 9.59 Å². The number of nitrogens with one attached hydrogen (secondary N) is 1. The van der Waals surface area contributed by atoms with Crippen molar-refractivity contribution in [2.75, 3.05) is 6.54 Å². The van der Waals surface area contributed by atoms with Gasteiger partial charge in [-0.1, -0.05) is 186 Å². The van der Waals surface area contributed by atoms with Gasteiger partial charge in [-0.15, -0.1) is 0 Å². The van der Waals surface area contributed by atoms with Crippen LogP contribution < -0.4 is 11.1 Å². The lowest BCUT2D eigenvalue weighted by atomic mass is 9.82. The molecule has 1 rings (SSSR count). The van der Waals surface area contributed by atoms with Crippen molar-refractivity contribution in [3.63, 3.8) is 0 Å². The van der Waals surface area contributed by atoms with Gasteiger partial charge >= 0.3 is 0 Å². The highest BCUT2D eigenvalue weighted by atomic mass is 16.3. The molecule has 0 fully saturated rings. The van der Waals surface area contributed by atoms with Gasteiger partial charge in [-0.25, -0.2) is 0 Å². The topological polar surface area (TPSA) is 92.4 Å².